The van der Waals surface area contributed by atoms with Crippen molar-refractivity contribution in [2.24, 2.45) is 5.92 Å². The molecule has 0 aliphatic heterocycles. The summed E-state index contributed by atoms with van der Waals surface area (Å²) < 4.78 is 32.5. The zero-order valence-corrected chi connectivity index (χ0v) is 12.2. The van der Waals surface area contributed by atoms with E-state index in [1.807, 2.05) is 0 Å². The molecule has 0 saturated carbocycles. The molecule has 1 aromatic carbocycles. The molecule has 116 valence electrons. The van der Waals surface area contributed by atoms with Gasteiger partial charge in [0.2, 0.25) is 0 Å². The minimum absolute atomic E-state index is 0.0882. The van der Waals surface area contributed by atoms with E-state index in [1.54, 1.807) is 0 Å². The zero-order valence-electron chi connectivity index (χ0n) is 11.4. The van der Waals surface area contributed by atoms with Gasteiger partial charge in [0.25, 0.3) is 0 Å². The number of carbonyl (C=O) groups is 2. The average Bonchev–Trinajstić information content (AvgIpc) is 2.45. The van der Waals surface area contributed by atoms with Crippen molar-refractivity contribution < 1.29 is 28.2 Å². The molecule has 1 N–H and O–H groups in total. The summed E-state index contributed by atoms with van der Waals surface area (Å²) in [6.07, 6.45) is 0.583. The number of carboxylic acids is 1. The van der Waals surface area contributed by atoms with Crippen molar-refractivity contribution in [2.45, 2.75) is 6.42 Å². The van der Waals surface area contributed by atoms with Gasteiger partial charge in [0.15, 0.2) is 11.7 Å². The summed E-state index contributed by atoms with van der Waals surface area (Å²) in [4.78, 5) is 23.2. The Balaban J connectivity index is 2.48. The number of ether oxygens (including phenoxy) is 1. The van der Waals surface area contributed by atoms with Gasteiger partial charge in [0.1, 0.15) is 17.4 Å². The first-order valence-corrected chi connectivity index (χ1v) is 6.58. The second kappa shape index (κ2) is 6.27. The number of aliphatic carboxylic acids is 1. The van der Waals surface area contributed by atoms with Gasteiger partial charge in [-0.2, -0.15) is 0 Å². The smallest absolute Gasteiger partial charge is 0.321 e. The highest BCUT2D eigenvalue weighted by atomic mass is 35.5. The lowest BCUT2D eigenvalue weighted by Crippen LogP contribution is -2.30. The molecular weight excluding hydrogens is 318 g/mol. The number of methoxy groups -OCH3 is 1. The fraction of sp³-hybridized carbons (Fsp3) is 0.200. The lowest BCUT2D eigenvalue weighted by atomic mass is 9.87. The van der Waals surface area contributed by atoms with Crippen LogP contribution in [0, 0.1) is 11.7 Å². The van der Waals surface area contributed by atoms with Crippen LogP contribution in [0.15, 0.2) is 41.4 Å². The summed E-state index contributed by atoms with van der Waals surface area (Å²) in [5.41, 5.74) is -0.0253. The molecule has 0 spiro atoms. The summed E-state index contributed by atoms with van der Waals surface area (Å²) in [5.74, 6) is -6.48. The van der Waals surface area contributed by atoms with Crippen LogP contribution < -0.4 is 0 Å². The molecule has 0 bridgehead atoms. The lowest BCUT2D eigenvalue weighted by Gasteiger charge is -2.20. The molecule has 1 aromatic rings. The van der Waals surface area contributed by atoms with Crippen molar-refractivity contribution in [1.82, 2.24) is 0 Å². The molecule has 22 heavy (non-hydrogen) atoms. The summed E-state index contributed by atoms with van der Waals surface area (Å²) >= 11 is 5.67. The largest absolute Gasteiger partial charge is 0.496 e. The third kappa shape index (κ3) is 2.87. The van der Waals surface area contributed by atoms with E-state index in [1.165, 1.54) is 25.3 Å². The van der Waals surface area contributed by atoms with Crippen molar-refractivity contribution in [3.05, 3.63) is 57.8 Å². The quantitative estimate of drug-likeness (QED) is 0.863. The van der Waals surface area contributed by atoms with Crippen molar-refractivity contribution in [3.63, 3.8) is 0 Å². The Morgan fingerprint density at radius 2 is 2.09 bits per heavy atom. The molecular formula is C15H11ClF2O4. The number of carboxylic acid groups (broad SMARTS) is 1. The molecule has 0 radical (unpaired) electrons. The second-order valence-electron chi connectivity index (χ2n) is 4.60. The number of rotatable bonds is 4. The highest BCUT2D eigenvalue weighted by Gasteiger charge is 2.38. The molecule has 0 fully saturated rings. The molecule has 0 saturated heterocycles. The fourth-order valence-electron chi connectivity index (χ4n) is 2.18. The summed E-state index contributed by atoms with van der Waals surface area (Å²) in [5, 5.41) is 8.83. The topological polar surface area (TPSA) is 63.6 Å². The van der Waals surface area contributed by atoms with Crippen LogP contribution in [0.25, 0.3) is 0 Å². The number of Topliss-reactive ketones (excluding diaryl/α,β-unsaturated/α-hetero) is 1. The predicted molar refractivity (Wildman–Crippen MR) is 74.5 cm³/mol. The van der Waals surface area contributed by atoms with Gasteiger partial charge in [-0.3, -0.25) is 9.59 Å². The first-order chi connectivity index (χ1) is 10.4. The number of carbonyl (C=O) groups excluding carboxylic acids is 1. The summed E-state index contributed by atoms with van der Waals surface area (Å²) in [6, 6.07) is 4.24. The van der Waals surface area contributed by atoms with Crippen LogP contribution in [0.3, 0.4) is 0 Å². The monoisotopic (exact) mass is 328 g/mol. The van der Waals surface area contributed by atoms with Gasteiger partial charge in [-0.05, 0) is 11.6 Å². The van der Waals surface area contributed by atoms with E-state index in [9.17, 15) is 18.4 Å². The number of benzene rings is 1. The van der Waals surface area contributed by atoms with Crippen LogP contribution in [0.1, 0.15) is 5.56 Å². The molecule has 1 aliphatic rings. The molecule has 7 heteroatoms. The van der Waals surface area contributed by atoms with Crippen molar-refractivity contribution in [1.29, 1.82) is 0 Å². The fourth-order valence-corrected chi connectivity index (χ4v) is 2.37. The minimum atomic E-state index is -1.93. The van der Waals surface area contributed by atoms with Crippen LogP contribution in [0.2, 0.25) is 5.02 Å². The first kappa shape index (κ1) is 16.2. The second-order valence-corrected chi connectivity index (χ2v) is 5.01. The van der Waals surface area contributed by atoms with Gasteiger partial charge < -0.3 is 9.84 Å². The Kier molecular flexibility index (Phi) is 4.61. The maximum Gasteiger partial charge on any atom is 0.321 e. The van der Waals surface area contributed by atoms with Crippen LogP contribution in [-0.4, -0.2) is 24.0 Å². The van der Waals surface area contributed by atoms with Crippen LogP contribution in [0.4, 0.5) is 8.78 Å². The number of allylic oxidation sites excluding steroid dienone is 2. The van der Waals surface area contributed by atoms with Gasteiger partial charge in [0.05, 0.1) is 12.1 Å². The molecule has 2 rings (SSSR count). The average molecular weight is 329 g/mol. The third-order valence-electron chi connectivity index (χ3n) is 3.27. The zero-order chi connectivity index (χ0) is 16.4. The van der Waals surface area contributed by atoms with E-state index < -0.39 is 29.3 Å². The Hall–Kier alpha value is -2.21. The normalized spacial score (nSPS) is 18.3. The van der Waals surface area contributed by atoms with E-state index in [4.69, 9.17) is 21.4 Å². The lowest BCUT2D eigenvalue weighted by molar-refractivity contribution is -0.144. The van der Waals surface area contributed by atoms with Crippen LogP contribution in [0.5, 0.6) is 0 Å². The number of ketones is 1. The van der Waals surface area contributed by atoms with Crippen molar-refractivity contribution in [3.8, 4) is 0 Å². The predicted octanol–water partition coefficient (Wildman–Crippen LogP) is 3.06. The van der Waals surface area contributed by atoms with E-state index in [0.29, 0.717) is 0 Å². The molecule has 0 aromatic heterocycles. The van der Waals surface area contributed by atoms with Gasteiger partial charge in [-0.1, -0.05) is 23.7 Å². The Bertz CT molecular complexity index is 709. The third-order valence-corrected chi connectivity index (χ3v) is 3.56. The van der Waals surface area contributed by atoms with E-state index in [0.717, 1.165) is 6.08 Å². The van der Waals surface area contributed by atoms with Gasteiger partial charge in [-0.25, -0.2) is 8.78 Å². The number of hydrogen-bond acceptors (Lipinski definition) is 3. The molecule has 0 amide bonds. The first-order valence-electron chi connectivity index (χ1n) is 6.21. The molecule has 4 nitrogen and oxygen atoms in total. The van der Waals surface area contributed by atoms with Gasteiger partial charge in [-0.15, -0.1) is 0 Å². The Morgan fingerprint density at radius 3 is 2.68 bits per heavy atom. The maximum absolute atomic E-state index is 13.9. The summed E-state index contributed by atoms with van der Waals surface area (Å²) in [6.45, 7) is 0. The Morgan fingerprint density at radius 1 is 1.41 bits per heavy atom. The molecule has 1 unspecified atom stereocenters. The van der Waals surface area contributed by atoms with E-state index in [2.05, 4.69) is 0 Å². The molecule has 1 aliphatic carbocycles. The van der Waals surface area contributed by atoms with Crippen molar-refractivity contribution in [2.75, 3.05) is 7.11 Å². The van der Waals surface area contributed by atoms with Crippen LogP contribution >= 0.6 is 11.6 Å². The Labute approximate surface area is 129 Å². The van der Waals surface area contributed by atoms with Gasteiger partial charge in [0, 0.05) is 18.1 Å². The van der Waals surface area contributed by atoms with E-state index in [-0.39, 0.29) is 28.3 Å². The molecule has 1 atom stereocenters. The molecule has 0 heterocycles. The van der Waals surface area contributed by atoms with Crippen LogP contribution in [-0.2, 0) is 20.7 Å². The minimum Gasteiger partial charge on any atom is -0.496 e. The SMILES string of the molecule is COC1=C(Cc2cccc(Cl)c2F)C(=O)C(C(=O)O)C(F)=C1. The number of hydrogen-bond donors (Lipinski definition) is 1. The highest BCUT2D eigenvalue weighted by Crippen LogP contribution is 2.31. The van der Waals surface area contributed by atoms with Gasteiger partial charge >= 0.3 is 5.97 Å². The highest BCUT2D eigenvalue weighted by molar-refractivity contribution is 6.30. The number of halogens is 3. The maximum atomic E-state index is 13.9. The summed E-state index contributed by atoms with van der Waals surface area (Å²) in [7, 11) is 1.21. The van der Waals surface area contributed by atoms with Crippen molar-refractivity contribution >= 4 is 23.4 Å². The standard InChI is InChI=1S/C15H11ClF2O4/c1-22-11-6-10(17)12(15(20)21)14(19)8(11)5-7-3-2-4-9(16)13(7)18/h2-4,6,12H,5H2,1H3,(H,20,21). The van der Waals surface area contributed by atoms with E-state index >= 15 is 0 Å².